The van der Waals surface area contributed by atoms with E-state index in [1.165, 1.54) is 14.2 Å². The zero-order valence-corrected chi connectivity index (χ0v) is 27.8. The molecule has 1 heterocycles. The summed E-state index contributed by atoms with van der Waals surface area (Å²) < 4.78 is 22.4. The van der Waals surface area contributed by atoms with Crippen LogP contribution in [0.5, 0.6) is 0 Å². The summed E-state index contributed by atoms with van der Waals surface area (Å²) in [6.07, 6.45) is 12.0. The molecule has 0 N–H and O–H groups in total. The zero-order valence-electron chi connectivity index (χ0n) is 27.8. The fourth-order valence-electron chi connectivity index (χ4n) is 7.49. The Morgan fingerprint density at radius 3 is 1.69 bits per heavy atom. The quantitative estimate of drug-likeness (QED) is 0.152. The van der Waals surface area contributed by atoms with Crippen molar-refractivity contribution < 1.29 is 28.4 Å². The molecule has 42 heavy (non-hydrogen) atoms. The molecule has 0 radical (unpaired) electrons. The van der Waals surface area contributed by atoms with Crippen LogP contribution in [0.4, 0.5) is 0 Å². The molecule has 9 heteroatoms. The average molecular weight is 595 g/mol. The maximum Gasteiger partial charge on any atom is 0.457 e. The van der Waals surface area contributed by atoms with Crippen molar-refractivity contribution in [1.29, 1.82) is 0 Å². The Bertz CT molecular complexity index is 863. The van der Waals surface area contributed by atoms with E-state index in [1.54, 1.807) is 0 Å². The molecule has 0 aromatic rings. The van der Waals surface area contributed by atoms with Gasteiger partial charge in [0.05, 0.1) is 36.3 Å². The first kappa shape index (κ1) is 38.6. The van der Waals surface area contributed by atoms with E-state index in [9.17, 15) is 9.59 Å². The summed E-state index contributed by atoms with van der Waals surface area (Å²) in [6, 6.07) is 0. The molecule has 0 aromatic carbocycles. The number of hydrogen-bond donors (Lipinski definition) is 0. The summed E-state index contributed by atoms with van der Waals surface area (Å²) >= 11 is 0. The van der Waals surface area contributed by atoms with Gasteiger partial charge in [0, 0.05) is 13.1 Å². The summed E-state index contributed by atoms with van der Waals surface area (Å²) in [6.45, 7) is 13.7. The van der Waals surface area contributed by atoms with E-state index in [4.69, 9.17) is 18.8 Å². The van der Waals surface area contributed by atoms with E-state index in [0.717, 1.165) is 77.2 Å². The van der Waals surface area contributed by atoms with Crippen LogP contribution in [0.25, 0.3) is 0 Å². The summed E-state index contributed by atoms with van der Waals surface area (Å²) in [4.78, 5) is 28.8. The van der Waals surface area contributed by atoms with E-state index < -0.39 is 0 Å². The molecule has 0 unspecified atom stereocenters. The van der Waals surface area contributed by atoms with Gasteiger partial charge in [-0.15, -0.1) is 6.58 Å². The van der Waals surface area contributed by atoms with Crippen LogP contribution in [0.3, 0.4) is 0 Å². The highest BCUT2D eigenvalue weighted by Gasteiger charge is 2.52. The fraction of sp³-hybridized carbons (Fsp3) is 0.879. The summed E-state index contributed by atoms with van der Waals surface area (Å²) in [7, 11) is 10.9. The van der Waals surface area contributed by atoms with Gasteiger partial charge in [0.25, 0.3) is 0 Å². The Labute approximate surface area is 258 Å². The molecule has 0 aromatic heterocycles. The summed E-state index contributed by atoms with van der Waals surface area (Å²) in [5, 5.41) is 0. The lowest BCUT2D eigenvalue weighted by molar-refractivity contribution is -0.157. The highest BCUT2D eigenvalue weighted by molar-refractivity contribution is 6.45. The molecule has 244 valence electrons. The van der Waals surface area contributed by atoms with E-state index in [2.05, 4.69) is 44.1 Å². The Kier molecular flexibility index (Phi) is 14.8. The number of carbonyl (C=O) groups is 2. The van der Waals surface area contributed by atoms with Crippen molar-refractivity contribution in [3.05, 3.63) is 12.7 Å². The molecule has 0 bridgehead atoms. The Morgan fingerprint density at radius 1 is 0.857 bits per heavy atom. The van der Waals surface area contributed by atoms with Crippen LogP contribution in [0.15, 0.2) is 12.7 Å². The Hall–Kier alpha value is -1.42. The van der Waals surface area contributed by atoms with Gasteiger partial charge in [0.1, 0.15) is 0 Å². The minimum Gasteiger partial charge on any atom is -0.469 e. The first-order valence-electron chi connectivity index (χ1n) is 15.5. The number of hydrogen-bond acceptors (Lipinski definition) is 8. The third-order valence-electron chi connectivity index (χ3n) is 10.0. The topological polar surface area (TPSA) is 77.5 Å². The number of carbonyl (C=O) groups excluding carboxylic acids is 2. The highest BCUT2D eigenvalue weighted by atomic mass is 16.7. The second kappa shape index (κ2) is 16.1. The van der Waals surface area contributed by atoms with Gasteiger partial charge >= 0.3 is 19.1 Å². The number of esters is 2. The Balaban J connectivity index is 0.000000450. The van der Waals surface area contributed by atoms with E-state index in [-0.39, 0.29) is 48.5 Å². The van der Waals surface area contributed by atoms with Gasteiger partial charge in [-0.05, 0) is 113 Å². The number of ether oxygens (including phenoxy) is 2. The molecular formula is C33H63BN2O6. The molecular weight excluding hydrogens is 531 g/mol. The van der Waals surface area contributed by atoms with Gasteiger partial charge in [0.2, 0.25) is 0 Å². The summed E-state index contributed by atoms with van der Waals surface area (Å²) in [5.74, 6) is 0.675. The monoisotopic (exact) mass is 594 g/mol. The lowest BCUT2D eigenvalue weighted by Crippen LogP contribution is -2.44. The van der Waals surface area contributed by atoms with Gasteiger partial charge in [-0.25, -0.2) is 0 Å². The minimum absolute atomic E-state index is 0. The van der Waals surface area contributed by atoms with Crippen molar-refractivity contribution in [1.82, 2.24) is 9.80 Å². The predicted molar refractivity (Wildman–Crippen MR) is 172 cm³/mol. The maximum absolute atomic E-state index is 12.6. The standard InChI is InChI=1S/C19H36BNO4.C13H23NO2.CH4/c1-17(2)18(3,4)25-20(24-17)13-9-11-15-10-8-12-19(15,14-21(5)6)16(22)23-7;1-5-7-11-8-6-9-13(11,10-14(2)3)12(15)16-4;/h15H,8-14H2,1-7H3;5,11H,1,6-10H2,2-4H3;1H4/t15-,19+;11-,13-;/m01./s1. The second-order valence-electron chi connectivity index (χ2n) is 14.1. The largest absolute Gasteiger partial charge is 0.469 e. The van der Waals surface area contributed by atoms with Crippen molar-refractivity contribution in [3.8, 4) is 0 Å². The number of allylic oxidation sites excluding steroid dienone is 1. The van der Waals surface area contributed by atoms with Crippen molar-refractivity contribution in [3.63, 3.8) is 0 Å². The molecule has 3 rings (SSSR count). The van der Waals surface area contributed by atoms with Crippen molar-refractivity contribution in [2.24, 2.45) is 22.7 Å². The smallest absolute Gasteiger partial charge is 0.457 e. The van der Waals surface area contributed by atoms with Crippen LogP contribution in [0, 0.1) is 22.7 Å². The van der Waals surface area contributed by atoms with Crippen molar-refractivity contribution >= 4 is 19.1 Å². The highest BCUT2D eigenvalue weighted by Crippen LogP contribution is 2.48. The average Bonchev–Trinajstić information content (AvgIpc) is 3.52. The Morgan fingerprint density at radius 2 is 1.29 bits per heavy atom. The molecule has 2 aliphatic carbocycles. The van der Waals surface area contributed by atoms with Crippen molar-refractivity contribution in [2.75, 3.05) is 55.5 Å². The van der Waals surface area contributed by atoms with E-state index >= 15 is 0 Å². The fourth-order valence-corrected chi connectivity index (χ4v) is 7.49. The van der Waals surface area contributed by atoms with Crippen molar-refractivity contribution in [2.45, 2.75) is 110 Å². The molecule has 8 nitrogen and oxygen atoms in total. The molecule has 2 saturated carbocycles. The van der Waals surface area contributed by atoms with Gasteiger partial charge in [-0.3, -0.25) is 9.59 Å². The van der Waals surface area contributed by atoms with Gasteiger partial charge < -0.3 is 28.6 Å². The van der Waals surface area contributed by atoms with Crippen LogP contribution in [-0.4, -0.2) is 95.6 Å². The predicted octanol–water partition coefficient (Wildman–Crippen LogP) is 6.10. The van der Waals surface area contributed by atoms with Gasteiger partial charge in [-0.2, -0.15) is 0 Å². The third-order valence-corrected chi connectivity index (χ3v) is 10.0. The molecule has 4 atom stereocenters. The van der Waals surface area contributed by atoms with Crippen LogP contribution < -0.4 is 0 Å². The second-order valence-corrected chi connectivity index (χ2v) is 14.1. The normalized spacial score (nSPS) is 29.6. The number of methoxy groups -OCH3 is 2. The van der Waals surface area contributed by atoms with Crippen LogP contribution in [0.2, 0.25) is 6.32 Å². The van der Waals surface area contributed by atoms with Crippen LogP contribution in [-0.2, 0) is 28.4 Å². The first-order valence-corrected chi connectivity index (χ1v) is 15.5. The first-order chi connectivity index (χ1) is 19.1. The molecule has 1 aliphatic heterocycles. The number of rotatable bonds is 12. The van der Waals surface area contributed by atoms with Crippen LogP contribution in [0.1, 0.15) is 92.9 Å². The lowest BCUT2D eigenvalue weighted by atomic mass is 9.73. The van der Waals surface area contributed by atoms with Crippen LogP contribution >= 0.6 is 0 Å². The van der Waals surface area contributed by atoms with E-state index in [0.29, 0.717) is 11.8 Å². The SMILES string of the molecule is C.C=CC[C@@H]1CCC[C@]1(CN(C)C)C(=O)OC.COC(=O)[C@@]1(CN(C)C)CCC[C@H]1CCCB1OC(C)(C)C(C)(C)O1. The van der Waals surface area contributed by atoms with Gasteiger partial charge in [-0.1, -0.05) is 32.8 Å². The molecule has 0 spiro atoms. The minimum atomic E-state index is -0.353. The zero-order chi connectivity index (χ0) is 31.1. The molecule has 1 saturated heterocycles. The third kappa shape index (κ3) is 8.83. The number of nitrogens with zero attached hydrogens (tertiary/aromatic N) is 2. The van der Waals surface area contributed by atoms with Gasteiger partial charge in [0.15, 0.2) is 0 Å². The molecule has 3 fully saturated rings. The maximum atomic E-state index is 12.6. The summed E-state index contributed by atoms with van der Waals surface area (Å²) in [5.41, 5.74) is -1.21. The molecule has 3 aliphatic rings. The lowest BCUT2D eigenvalue weighted by Gasteiger charge is -2.35. The molecule has 0 amide bonds. The van der Waals surface area contributed by atoms with E-state index in [1.807, 2.05) is 34.3 Å².